The smallest absolute Gasteiger partial charge is 0.134 e. The van der Waals surface area contributed by atoms with Crippen molar-refractivity contribution in [3.8, 4) is 11.3 Å². The molecule has 2 aromatic rings. The summed E-state index contributed by atoms with van der Waals surface area (Å²) in [5, 5.41) is 4.16. The molecule has 0 saturated carbocycles. The van der Waals surface area contributed by atoms with Crippen molar-refractivity contribution in [2.45, 2.75) is 32.4 Å². The zero-order chi connectivity index (χ0) is 14.7. The summed E-state index contributed by atoms with van der Waals surface area (Å²) in [7, 11) is 0. The molecule has 3 rings (SSSR count). The van der Waals surface area contributed by atoms with Crippen molar-refractivity contribution < 1.29 is 9.15 Å². The first kappa shape index (κ1) is 14.6. The first-order valence-electron chi connectivity index (χ1n) is 7.40. The van der Waals surface area contributed by atoms with Crippen LogP contribution in [-0.4, -0.2) is 19.3 Å². The van der Waals surface area contributed by atoms with E-state index in [0.29, 0.717) is 6.10 Å². The van der Waals surface area contributed by atoms with Crippen LogP contribution < -0.4 is 5.32 Å². The van der Waals surface area contributed by atoms with Crippen LogP contribution in [0.15, 0.2) is 34.7 Å². The fourth-order valence-corrected chi connectivity index (χ4v) is 2.83. The number of hydrogen-bond donors (Lipinski definition) is 1. The molecule has 1 aromatic heterocycles. The molecular formula is C17H20ClNO2. The van der Waals surface area contributed by atoms with Crippen LogP contribution in [0.25, 0.3) is 11.3 Å². The highest BCUT2D eigenvalue weighted by Crippen LogP contribution is 2.29. The minimum atomic E-state index is 0.356. The van der Waals surface area contributed by atoms with Gasteiger partial charge >= 0.3 is 0 Å². The highest BCUT2D eigenvalue weighted by molar-refractivity contribution is 6.31. The minimum absolute atomic E-state index is 0.356. The molecule has 0 unspecified atom stereocenters. The van der Waals surface area contributed by atoms with Crippen molar-refractivity contribution in [2.75, 3.05) is 13.2 Å². The maximum atomic E-state index is 6.16. The minimum Gasteiger partial charge on any atom is -0.460 e. The zero-order valence-corrected chi connectivity index (χ0v) is 13.0. The van der Waals surface area contributed by atoms with E-state index in [-0.39, 0.29) is 0 Å². The molecule has 3 nitrogen and oxygen atoms in total. The van der Waals surface area contributed by atoms with Crippen molar-refractivity contribution in [1.29, 1.82) is 0 Å². The fraction of sp³-hybridized carbons (Fsp3) is 0.412. The summed E-state index contributed by atoms with van der Waals surface area (Å²) in [6.45, 7) is 4.51. The van der Waals surface area contributed by atoms with E-state index in [4.69, 9.17) is 20.8 Å². The monoisotopic (exact) mass is 305 g/mol. The standard InChI is InChI=1S/C17H20ClNO2/c1-12-15(5-2-6-16(12)18)17-8-7-14(21-17)11-19-10-13-4-3-9-20-13/h2,5-8,13,19H,3-4,9-11H2,1H3/t13-/m1/s1. The van der Waals surface area contributed by atoms with Crippen molar-refractivity contribution in [2.24, 2.45) is 0 Å². The zero-order valence-electron chi connectivity index (χ0n) is 12.2. The van der Waals surface area contributed by atoms with Gasteiger partial charge < -0.3 is 14.5 Å². The molecule has 21 heavy (non-hydrogen) atoms. The number of hydrogen-bond acceptors (Lipinski definition) is 3. The Morgan fingerprint density at radius 2 is 2.19 bits per heavy atom. The molecule has 0 amide bonds. The molecule has 112 valence electrons. The molecule has 1 aliphatic rings. The van der Waals surface area contributed by atoms with Crippen LogP contribution in [0.2, 0.25) is 5.02 Å². The molecule has 0 radical (unpaired) electrons. The van der Waals surface area contributed by atoms with Gasteiger partial charge in [-0.15, -0.1) is 0 Å². The number of rotatable bonds is 5. The van der Waals surface area contributed by atoms with Gasteiger partial charge in [0, 0.05) is 23.7 Å². The Labute approximate surface area is 130 Å². The van der Waals surface area contributed by atoms with Crippen LogP contribution in [0.3, 0.4) is 0 Å². The topological polar surface area (TPSA) is 34.4 Å². The second-order valence-corrected chi connectivity index (χ2v) is 5.85. The van der Waals surface area contributed by atoms with E-state index >= 15 is 0 Å². The molecule has 0 bridgehead atoms. The summed E-state index contributed by atoms with van der Waals surface area (Å²) in [4.78, 5) is 0. The average Bonchev–Trinajstić information content (AvgIpc) is 3.14. The highest BCUT2D eigenvalue weighted by atomic mass is 35.5. The third-order valence-electron chi connectivity index (χ3n) is 3.89. The molecule has 0 aliphatic carbocycles. The molecule has 1 saturated heterocycles. The summed E-state index contributed by atoms with van der Waals surface area (Å²) in [5.74, 6) is 1.80. The van der Waals surface area contributed by atoms with Gasteiger partial charge in [0.05, 0.1) is 12.6 Å². The van der Waals surface area contributed by atoms with Gasteiger partial charge in [0.25, 0.3) is 0 Å². The predicted octanol–water partition coefficient (Wildman–Crippen LogP) is 4.18. The van der Waals surface area contributed by atoms with Crippen LogP contribution in [0.4, 0.5) is 0 Å². The van der Waals surface area contributed by atoms with E-state index in [1.807, 2.05) is 37.3 Å². The maximum Gasteiger partial charge on any atom is 0.134 e. The van der Waals surface area contributed by atoms with E-state index < -0.39 is 0 Å². The number of ether oxygens (including phenoxy) is 1. The Morgan fingerprint density at radius 1 is 1.29 bits per heavy atom. The highest BCUT2D eigenvalue weighted by Gasteiger charge is 2.15. The predicted molar refractivity (Wildman–Crippen MR) is 84.6 cm³/mol. The van der Waals surface area contributed by atoms with Gasteiger partial charge in [0.1, 0.15) is 11.5 Å². The van der Waals surface area contributed by atoms with E-state index in [1.54, 1.807) is 0 Å². The third-order valence-corrected chi connectivity index (χ3v) is 4.30. The second-order valence-electron chi connectivity index (χ2n) is 5.44. The Kier molecular flexibility index (Phi) is 4.63. The molecule has 1 fully saturated rings. The molecule has 2 heterocycles. The summed E-state index contributed by atoms with van der Waals surface area (Å²) in [6.07, 6.45) is 2.68. The normalized spacial score (nSPS) is 18.3. The summed E-state index contributed by atoms with van der Waals surface area (Å²) in [5.41, 5.74) is 2.10. The second kappa shape index (κ2) is 6.65. The summed E-state index contributed by atoms with van der Waals surface area (Å²) >= 11 is 6.16. The van der Waals surface area contributed by atoms with Crippen molar-refractivity contribution in [1.82, 2.24) is 5.32 Å². The van der Waals surface area contributed by atoms with Crippen LogP contribution >= 0.6 is 11.6 Å². The van der Waals surface area contributed by atoms with E-state index in [0.717, 1.165) is 53.8 Å². The van der Waals surface area contributed by atoms with Gasteiger partial charge in [-0.25, -0.2) is 0 Å². The fourth-order valence-electron chi connectivity index (χ4n) is 2.65. The number of benzene rings is 1. The van der Waals surface area contributed by atoms with Gasteiger partial charge in [0.15, 0.2) is 0 Å². The number of halogens is 1. The molecule has 4 heteroatoms. The van der Waals surface area contributed by atoms with Gasteiger partial charge in [-0.3, -0.25) is 0 Å². The first-order valence-corrected chi connectivity index (χ1v) is 7.78. The van der Waals surface area contributed by atoms with Gasteiger partial charge in [-0.05, 0) is 43.5 Å². The molecule has 1 N–H and O–H groups in total. The van der Waals surface area contributed by atoms with Crippen molar-refractivity contribution >= 4 is 11.6 Å². The van der Waals surface area contributed by atoms with Crippen molar-refractivity contribution in [3.63, 3.8) is 0 Å². The lowest BCUT2D eigenvalue weighted by molar-refractivity contribution is 0.109. The Hall–Kier alpha value is -1.29. The lowest BCUT2D eigenvalue weighted by atomic mass is 10.1. The van der Waals surface area contributed by atoms with Crippen LogP contribution in [0.5, 0.6) is 0 Å². The van der Waals surface area contributed by atoms with Crippen LogP contribution in [0, 0.1) is 6.92 Å². The Bertz CT molecular complexity index is 603. The molecule has 1 atom stereocenters. The van der Waals surface area contributed by atoms with Gasteiger partial charge in [0.2, 0.25) is 0 Å². The summed E-state index contributed by atoms with van der Waals surface area (Å²) < 4.78 is 11.5. The van der Waals surface area contributed by atoms with Crippen LogP contribution in [-0.2, 0) is 11.3 Å². The Morgan fingerprint density at radius 3 is 3.00 bits per heavy atom. The first-order chi connectivity index (χ1) is 10.2. The average molecular weight is 306 g/mol. The molecular weight excluding hydrogens is 286 g/mol. The molecule has 1 aliphatic heterocycles. The Balaban J connectivity index is 1.61. The van der Waals surface area contributed by atoms with E-state index in [2.05, 4.69) is 5.32 Å². The van der Waals surface area contributed by atoms with E-state index in [1.165, 1.54) is 6.42 Å². The molecule has 1 aromatic carbocycles. The SMILES string of the molecule is Cc1c(Cl)cccc1-c1ccc(CNC[C@H]2CCCO2)o1. The van der Waals surface area contributed by atoms with Gasteiger partial charge in [-0.1, -0.05) is 23.7 Å². The van der Waals surface area contributed by atoms with Crippen LogP contribution in [0.1, 0.15) is 24.2 Å². The van der Waals surface area contributed by atoms with E-state index in [9.17, 15) is 0 Å². The molecule has 0 spiro atoms. The lowest BCUT2D eigenvalue weighted by Crippen LogP contribution is -2.25. The van der Waals surface area contributed by atoms with Gasteiger partial charge in [-0.2, -0.15) is 0 Å². The lowest BCUT2D eigenvalue weighted by Gasteiger charge is -2.09. The quantitative estimate of drug-likeness (QED) is 0.900. The summed E-state index contributed by atoms with van der Waals surface area (Å²) in [6, 6.07) is 9.89. The number of furan rings is 1. The maximum absolute atomic E-state index is 6.16. The third kappa shape index (κ3) is 3.49. The van der Waals surface area contributed by atoms with Crippen molar-refractivity contribution in [3.05, 3.63) is 46.7 Å². The largest absolute Gasteiger partial charge is 0.460 e. The number of nitrogens with one attached hydrogen (secondary N) is 1.